The number of hydrogen-bond acceptors (Lipinski definition) is 1. The van der Waals surface area contributed by atoms with Crippen molar-refractivity contribution in [2.45, 2.75) is 103 Å². The number of nitrogens with zero attached hydrogens (tertiary/aromatic N) is 1. The van der Waals surface area contributed by atoms with Crippen LogP contribution in [0.5, 0.6) is 0 Å². The Hall–Kier alpha value is 0.310. The Morgan fingerprint density at radius 2 is 1.25 bits per heavy atom. The molecule has 0 aromatic heterocycles. The maximum Gasteiger partial charge on any atom is 0.00955 e. The summed E-state index contributed by atoms with van der Waals surface area (Å²) in [4.78, 5) is 2.90. The van der Waals surface area contributed by atoms with Crippen LogP contribution in [0.2, 0.25) is 0 Å². The van der Waals surface area contributed by atoms with Crippen LogP contribution in [0.15, 0.2) is 0 Å². The zero-order valence-corrected chi connectivity index (χ0v) is 18.3. The molecule has 0 saturated carbocycles. The Balaban J connectivity index is 2.40. The SMILES string of the molecule is CCCCCCCC(CCCCCCC)N1CCCS(C)(C)CC1. The summed E-state index contributed by atoms with van der Waals surface area (Å²) in [5, 5.41) is 0. The molecular formula is C22H47NS. The molecule has 0 atom stereocenters. The Kier molecular flexibility index (Phi) is 12.6. The van der Waals surface area contributed by atoms with Crippen LogP contribution in [-0.2, 0) is 0 Å². The van der Waals surface area contributed by atoms with Gasteiger partial charge >= 0.3 is 0 Å². The topological polar surface area (TPSA) is 3.24 Å². The zero-order chi connectivity index (χ0) is 17.7. The van der Waals surface area contributed by atoms with Gasteiger partial charge in [-0.3, -0.25) is 4.90 Å². The lowest BCUT2D eigenvalue weighted by molar-refractivity contribution is 0.183. The zero-order valence-electron chi connectivity index (χ0n) is 17.5. The van der Waals surface area contributed by atoms with Crippen molar-refractivity contribution in [1.29, 1.82) is 0 Å². The van der Waals surface area contributed by atoms with E-state index in [0.717, 1.165) is 6.04 Å². The van der Waals surface area contributed by atoms with Crippen molar-refractivity contribution in [3.05, 3.63) is 0 Å². The number of rotatable bonds is 13. The molecule has 1 rings (SSSR count). The van der Waals surface area contributed by atoms with Gasteiger partial charge in [0.05, 0.1) is 0 Å². The van der Waals surface area contributed by atoms with Crippen LogP contribution in [-0.4, -0.2) is 48.0 Å². The van der Waals surface area contributed by atoms with Crippen molar-refractivity contribution in [2.75, 3.05) is 37.1 Å². The summed E-state index contributed by atoms with van der Waals surface area (Å²) in [6.07, 6.45) is 23.9. The monoisotopic (exact) mass is 357 g/mol. The lowest BCUT2D eigenvalue weighted by atomic mass is 9.99. The summed E-state index contributed by atoms with van der Waals surface area (Å²) >= 11 is 0. The van der Waals surface area contributed by atoms with Crippen molar-refractivity contribution in [3.8, 4) is 0 Å². The number of hydrogen-bond donors (Lipinski definition) is 0. The molecule has 1 fully saturated rings. The summed E-state index contributed by atoms with van der Waals surface area (Å²) in [5.74, 6) is 2.98. The second kappa shape index (κ2) is 13.5. The van der Waals surface area contributed by atoms with Gasteiger partial charge in [-0.05, 0) is 49.8 Å². The molecule has 1 saturated heterocycles. The predicted octanol–water partition coefficient (Wildman–Crippen LogP) is 6.85. The summed E-state index contributed by atoms with van der Waals surface area (Å²) in [5.41, 5.74) is 0. The average Bonchev–Trinajstić information content (AvgIpc) is 2.73. The Labute approximate surface area is 155 Å². The van der Waals surface area contributed by atoms with Crippen LogP contribution < -0.4 is 0 Å². The Morgan fingerprint density at radius 1 is 0.708 bits per heavy atom. The first-order valence-electron chi connectivity index (χ1n) is 11.0. The molecule has 0 amide bonds. The molecule has 1 aliphatic heterocycles. The highest BCUT2D eigenvalue weighted by Crippen LogP contribution is 2.42. The van der Waals surface area contributed by atoms with Crippen molar-refractivity contribution < 1.29 is 0 Å². The minimum absolute atomic E-state index is 0.292. The van der Waals surface area contributed by atoms with E-state index in [2.05, 4.69) is 31.3 Å². The van der Waals surface area contributed by atoms with Gasteiger partial charge in [-0.2, -0.15) is 0 Å². The molecule has 1 heterocycles. The van der Waals surface area contributed by atoms with Crippen molar-refractivity contribution in [2.24, 2.45) is 0 Å². The molecule has 0 aromatic carbocycles. The van der Waals surface area contributed by atoms with E-state index in [4.69, 9.17) is 0 Å². The highest BCUT2D eigenvalue weighted by atomic mass is 32.3. The molecule has 146 valence electrons. The summed E-state index contributed by atoms with van der Waals surface area (Å²) in [6, 6.07) is 0.890. The van der Waals surface area contributed by atoms with E-state index >= 15 is 0 Å². The van der Waals surface area contributed by atoms with Crippen LogP contribution in [0.1, 0.15) is 97.3 Å². The third-order valence-corrected chi connectivity index (χ3v) is 8.55. The van der Waals surface area contributed by atoms with E-state index in [9.17, 15) is 0 Å². The first-order valence-corrected chi connectivity index (χ1v) is 13.8. The largest absolute Gasteiger partial charge is 0.300 e. The standard InChI is InChI=1S/C22H47NS/c1-5-7-9-11-13-16-22(17-14-12-10-8-6-2)23-18-15-20-24(3,4)21-19-23/h22H,5-21H2,1-4H3. The molecule has 24 heavy (non-hydrogen) atoms. The third-order valence-electron chi connectivity index (χ3n) is 5.87. The van der Waals surface area contributed by atoms with Gasteiger partial charge in [0.2, 0.25) is 0 Å². The number of unbranched alkanes of at least 4 members (excludes halogenated alkanes) is 8. The van der Waals surface area contributed by atoms with Gasteiger partial charge < -0.3 is 0 Å². The van der Waals surface area contributed by atoms with Gasteiger partial charge in [-0.15, -0.1) is 0 Å². The van der Waals surface area contributed by atoms with Crippen LogP contribution in [0.3, 0.4) is 0 Å². The molecule has 0 radical (unpaired) electrons. The Morgan fingerprint density at radius 3 is 1.79 bits per heavy atom. The fourth-order valence-corrected chi connectivity index (χ4v) is 5.92. The molecule has 0 unspecified atom stereocenters. The fourth-order valence-electron chi connectivity index (χ4n) is 4.08. The molecule has 0 N–H and O–H groups in total. The van der Waals surface area contributed by atoms with E-state index in [1.54, 1.807) is 0 Å². The van der Waals surface area contributed by atoms with E-state index in [1.807, 2.05) is 0 Å². The first-order chi connectivity index (χ1) is 11.6. The van der Waals surface area contributed by atoms with Gasteiger partial charge in [0.1, 0.15) is 0 Å². The molecular weight excluding hydrogens is 310 g/mol. The van der Waals surface area contributed by atoms with Crippen LogP contribution in [0, 0.1) is 0 Å². The van der Waals surface area contributed by atoms with E-state index in [1.165, 1.54) is 108 Å². The van der Waals surface area contributed by atoms with Crippen molar-refractivity contribution >= 4 is 10.0 Å². The van der Waals surface area contributed by atoms with Crippen LogP contribution >= 0.6 is 10.0 Å². The summed E-state index contributed by atoms with van der Waals surface area (Å²) in [6.45, 7) is 7.41. The van der Waals surface area contributed by atoms with Crippen molar-refractivity contribution in [1.82, 2.24) is 4.90 Å². The molecule has 1 nitrogen and oxygen atoms in total. The quantitative estimate of drug-likeness (QED) is 0.326. The highest BCUT2D eigenvalue weighted by molar-refractivity contribution is 8.32. The van der Waals surface area contributed by atoms with Crippen LogP contribution in [0.25, 0.3) is 0 Å². The normalized spacial score (nSPS) is 20.2. The predicted molar refractivity (Wildman–Crippen MR) is 116 cm³/mol. The van der Waals surface area contributed by atoms with E-state index < -0.39 is 0 Å². The van der Waals surface area contributed by atoms with Gasteiger partial charge in [-0.1, -0.05) is 78.1 Å². The molecule has 0 spiro atoms. The molecule has 0 aliphatic carbocycles. The summed E-state index contributed by atoms with van der Waals surface area (Å²) in [7, 11) is -0.292. The molecule has 0 aromatic rings. The van der Waals surface area contributed by atoms with Crippen LogP contribution in [0.4, 0.5) is 0 Å². The first kappa shape index (κ1) is 22.4. The molecule has 2 heteroatoms. The van der Waals surface area contributed by atoms with Crippen molar-refractivity contribution in [3.63, 3.8) is 0 Å². The Bertz CT molecular complexity index is 276. The minimum Gasteiger partial charge on any atom is -0.300 e. The molecule has 1 aliphatic rings. The minimum atomic E-state index is -0.292. The van der Waals surface area contributed by atoms with Gasteiger partial charge in [-0.25, -0.2) is 10.0 Å². The lowest BCUT2D eigenvalue weighted by Gasteiger charge is -2.33. The second-order valence-electron chi connectivity index (χ2n) is 8.62. The maximum atomic E-state index is 2.90. The molecule has 0 bridgehead atoms. The van der Waals surface area contributed by atoms with E-state index in [0.29, 0.717) is 0 Å². The van der Waals surface area contributed by atoms with Gasteiger partial charge in [0, 0.05) is 12.6 Å². The maximum absolute atomic E-state index is 2.90. The third kappa shape index (κ3) is 10.3. The second-order valence-corrected chi connectivity index (χ2v) is 13.0. The van der Waals surface area contributed by atoms with Gasteiger partial charge in [0.25, 0.3) is 0 Å². The van der Waals surface area contributed by atoms with Gasteiger partial charge in [0.15, 0.2) is 0 Å². The highest BCUT2D eigenvalue weighted by Gasteiger charge is 2.23. The fraction of sp³-hybridized carbons (Fsp3) is 1.00. The summed E-state index contributed by atoms with van der Waals surface area (Å²) < 4.78 is 0. The smallest absolute Gasteiger partial charge is 0.00955 e. The van der Waals surface area contributed by atoms with E-state index in [-0.39, 0.29) is 10.0 Å². The average molecular weight is 358 g/mol. The lowest BCUT2D eigenvalue weighted by Crippen LogP contribution is -2.37.